The van der Waals surface area contributed by atoms with E-state index >= 15 is 0 Å². The third kappa shape index (κ3) is 4.21. The molecule has 1 aromatic rings. The molecule has 0 spiro atoms. The molecule has 4 nitrogen and oxygen atoms in total. The van der Waals surface area contributed by atoms with E-state index in [0.29, 0.717) is 5.92 Å². The first kappa shape index (κ1) is 14.3. The lowest BCUT2D eigenvalue weighted by molar-refractivity contribution is 0.0696. The largest absolute Gasteiger partial charge is 0.478 e. The van der Waals surface area contributed by atoms with Crippen molar-refractivity contribution in [1.29, 1.82) is 0 Å². The summed E-state index contributed by atoms with van der Waals surface area (Å²) in [7, 11) is 0. The lowest BCUT2D eigenvalue weighted by Gasteiger charge is -2.25. The number of aliphatic hydroxyl groups excluding tert-OH is 1. The molecule has 3 N–H and O–H groups in total. The monoisotopic (exact) mass is 327 g/mol. The van der Waals surface area contributed by atoms with Gasteiger partial charge in [0.15, 0.2) is 0 Å². The van der Waals surface area contributed by atoms with Crippen molar-refractivity contribution in [2.24, 2.45) is 5.92 Å². The number of benzene rings is 1. The zero-order chi connectivity index (χ0) is 13.8. The summed E-state index contributed by atoms with van der Waals surface area (Å²) in [6, 6.07) is 5.11. The van der Waals surface area contributed by atoms with Crippen molar-refractivity contribution in [3.63, 3.8) is 0 Å². The Hall–Kier alpha value is -1.07. The second kappa shape index (κ2) is 6.39. The van der Waals surface area contributed by atoms with Crippen LogP contribution in [0.3, 0.4) is 0 Å². The molecule has 19 heavy (non-hydrogen) atoms. The van der Waals surface area contributed by atoms with Gasteiger partial charge in [-0.25, -0.2) is 4.79 Å². The summed E-state index contributed by atoms with van der Waals surface area (Å²) in [6.07, 6.45) is 3.64. The second-order valence-electron chi connectivity index (χ2n) is 5.09. The molecule has 1 aromatic carbocycles. The van der Waals surface area contributed by atoms with Crippen molar-refractivity contribution < 1.29 is 15.0 Å². The minimum atomic E-state index is -0.926. The molecule has 0 aliphatic heterocycles. The first-order valence-corrected chi connectivity index (χ1v) is 7.29. The third-order valence-corrected chi connectivity index (χ3v) is 4.01. The van der Waals surface area contributed by atoms with Gasteiger partial charge in [0.2, 0.25) is 0 Å². The van der Waals surface area contributed by atoms with Crippen molar-refractivity contribution in [3.8, 4) is 0 Å². The van der Waals surface area contributed by atoms with Gasteiger partial charge < -0.3 is 15.5 Å². The predicted molar refractivity (Wildman–Crippen MR) is 77.6 cm³/mol. The molecule has 0 amide bonds. The van der Waals surface area contributed by atoms with Crippen molar-refractivity contribution in [1.82, 2.24) is 0 Å². The van der Waals surface area contributed by atoms with Crippen molar-refractivity contribution >= 4 is 27.6 Å². The van der Waals surface area contributed by atoms with Crippen LogP contribution in [0.15, 0.2) is 22.7 Å². The molecular formula is C14H18BrNO3. The van der Waals surface area contributed by atoms with E-state index in [1.54, 1.807) is 12.1 Å². The van der Waals surface area contributed by atoms with Gasteiger partial charge in [-0.1, -0.05) is 15.9 Å². The van der Waals surface area contributed by atoms with Gasteiger partial charge in [-0.05, 0) is 49.8 Å². The number of nitrogens with one attached hydrogen (secondary N) is 1. The van der Waals surface area contributed by atoms with Gasteiger partial charge >= 0.3 is 5.97 Å². The fourth-order valence-electron chi connectivity index (χ4n) is 2.43. The highest BCUT2D eigenvalue weighted by molar-refractivity contribution is 9.10. The summed E-state index contributed by atoms with van der Waals surface area (Å²) in [5, 5.41) is 21.7. The van der Waals surface area contributed by atoms with Crippen LogP contribution in [0.25, 0.3) is 0 Å². The lowest BCUT2D eigenvalue weighted by atomic mass is 9.87. The average Bonchev–Trinajstić information content (AvgIpc) is 2.37. The van der Waals surface area contributed by atoms with Crippen LogP contribution >= 0.6 is 15.9 Å². The number of aromatic carboxylic acids is 1. The summed E-state index contributed by atoms with van der Waals surface area (Å²) >= 11 is 3.32. The molecule has 104 valence electrons. The average molecular weight is 328 g/mol. The molecule has 0 saturated heterocycles. The number of halogens is 1. The summed E-state index contributed by atoms with van der Waals surface area (Å²) in [6.45, 7) is 0.822. The number of aliphatic hydroxyl groups is 1. The van der Waals surface area contributed by atoms with E-state index in [-0.39, 0.29) is 11.7 Å². The smallest absolute Gasteiger partial charge is 0.335 e. The maximum atomic E-state index is 11.0. The van der Waals surface area contributed by atoms with E-state index < -0.39 is 5.97 Å². The highest BCUT2D eigenvalue weighted by Crippen LogP contribution is 2.25. The Morgan fingerprint density at radius 3 is 2.58 bits per heavy atom. The fraction of sp³-hybridized carbons (Fsp3) is 0.500. The van der Waals surface area contributed by atoms with Crippen LogP contribution in [-0.4, -0.2) is 28.8 Å². The van der Waals surface area contributed by atoms with Crippen molar-refractivity contribution in [2.75, 3.05) is 11.9 Å². The van der Waals surface area contributed by atoms with Crippen molar-refractivity contribution in [3.05, 3.63) is 28.2 Å². The standard InChI is InChI=1S/C14H18BrNO3/c15-11-5-10(14(18)19)6-12(7-11)16-8-9-1-3-13(17)4-2-9/h5-7,9,13,16-17H,1-4,8H2,(H,18,19). The third-order valence-electron chi connectivity index (χ3n) is 3.56. The predicted octanol–water partition coefficient (Wildman–Crippen LogP) is 3.11. The molecule has 1 saturated carbocycles. The quantitative estimate of drug-likeness (QED) is 0.794. The van der Waals surface area contributed by atoms with Crippen LogP contribution in [0.5, 0.6) is 0 Å². The minimum Gasteiger partial charge on any atom is -0.478 e. The Bertz CT molecular complexity index is 456. The van der Waals surface area contributed by atoms with Crippen LogP contribution in [0, 0.1) is 5.92 Å². The molecular weight excluding hydrogens is 310 g/mol. The molecule has 1 aliphatic rings. The van der Waals surface area contributed by atoms with Crippen LogP contribution in [0.4, 0.5) is 5.69 Å². The van der Waals surface area contributed by atoms with E-state index in [1.807, 2.05) is 6.07 Å². The second-order valence-corrected chi connectivity index (χ2v) is 6.00. The highest BCUT2D eigenvalue weighted by Gasteiger charge is 2.19. The summed E-state index contributed by atoms with van der Waals surface area (Å²) < 4.78 is 0.758. The van der Waals surface area contributed by atoms with E-state index in [1.165, 1.54) is 0 Å². The fourth-order valence-corrected chi connectivity index (χ4v) is 2.92. The van der Waals surface area contributed by atoms with Gasteiger partial charge in [-0.15, -0.1) is 0 Å². The van der Waals surface area contributed by atoms with Gasteiger partial charge in [0, 0.05) is 16.7 Å². The number of carboxylic acid groups (broad SMARTS) is 1. The highest BCUT2D eigenvalue weighted by atomic mass is 79.9. The molecule has 0 bridgehead atoms. The number of anilines is 1. The first-order valence-electron chi connectivity index (χ1n) is 6.50. The number of hydrogen-bond donors (Lipinski definition) is 3. The number of rotatable bonds is 4. The number of hydrogen-bond acceptors (Lipinski definition) is 3. The van der Waals surface area contributed by atoms with Gasteiger partial charge in [0.05, 0.1) is 11.7 Å². The molecule has 5 heteroatoms. The zero-order valence-corrected chi connectivity index (χ0v) is 12.2. The van der Waals surface area contributed by atoms with Gasteiger partial charge in [0.1, 0.15) is 0 Å². The lowest BCUT2D eigenvalue weighted by Crippen LogP contribution is -2.23. The minimum absolute atomic E-state index is 0.138. The molecule has 1 fully saturated rings. The van der Waals surface area contributed by atoms with Crippen LogP contribution < -0.4 is 5.32 Å². The van der Waals surface area contributed by atoms with Gasteiger partial charge in [0.25, 0.3) is 0 Å². The van der Waals surface area contributed by atoms with Crippen LogP contribution in [0.2, 0.25) is 0 Å². The summed E-state index contributed by atoms with van der Waals surface area (Å²) in [5.41, 5.74) is 1.09. The Kier molecular flexibility index (Phi) is 4.82. The van der Waals surface area contributed by atoms with E-state index in [4.69, 9.17) is 5.11 Å². The molecule has 0 unspecified atom stereocenters. The molecule has 0 radical (unpaired) electrons. The Balaban J connectivity index is 1.94. The molecule has 2 rings (SSSR count). The summed E-state index contributed by atoms with van der Waals surface area (Å²) in [4.78, 5) is 11.0. The Morgan fingerprint density at radius 1 is 1.26 bits per heavy atom. The first-order chi connectivity index (χ1) is 9.04. The van der Waals surface area contributed by atoms with E-state index in [9.17, 15) is 9.90 Å². The Morgan fingerprint density at radius 2 is 1.95 bits per heavy atom. The SMILES string of the molecule is O=C(O)c1cc(Br)cc(NCC2CCC(O)CC2)c1. The molecule has 1 aliphatic carbocycles. The van der Waals surface area contributed by atoms with Gasteiger partial charge in [-0.3, -0.25) is 0 Å². The van der Waals surface area contributed by atoms with E-state index in [2.05, 4.69) is 21.2 Å². The van der Waals surface area contributed by atoms with Gasteiger partial charge in [-0.2, -0.15) is 0 Å². The van der Waals surface area contributed by atoms with E-state index in [0.717, 1.165) is 42.4 Å². The zero-order valence-electron chi connectivity index (χ0n) is 10.6. The molecule has 0 atom stereocenters. The van der Waals surface area contributed by atoms with Crippen LogP contribution in [-0.2, 0) is 0 Å². The number of carboxylic acids is 1. The normalized spacial score (nSPS) is 23.1. The maximum Gasteiger partial charge on any atom is 0.335 e. The van der Waals surface area contributed by atoms with Crippen LogP contribution in [0.1, 0.15) is 36.0 Å². The molecule has 0 aromatic heterocycles. The summed E-state index contributed by atoms with van der Waals surface area (Å²) in [5.74, 6) is -0.374. The Labute approximate surface area is 121 Å². The molecule has 0 heterocycles. The van der Waals surface area contributed by atoms with Crippen molar-refractivity contribution in [2.45, 2.75) is 31.8 Å². The maximum absolute atomic E-state index is 11.0. The topological polar surface area (TPSA) is 69.6 Å². The number of carbonyl (C=O) groups is 1.